The molecule has 80 valence electrons. The molecule has 0 amide bonds. The van der Waals surface area contributed by atoms with Crippen molar-refractivity contribution in [3.05, 3.63) is 29.2 Å². The molecule has 0 spiro atoms. The number of rotatable bonds is 4. The minimum atomic E-state index is -0.820. The lowest BCUT2D eigenvalue weighted by atomic mass is 9.86. The van der Waals surface area contributed by atoms with Crippen LogP contribution in [0.25, 0.3) is 0 Å². The molecule has 1 N–H and O–H groups in total. The third kappa shape index (κ3) is 2.74. The van der Waals surface area contributed by atoms with Crippen LogP contribution in [0.1, 0.15) is 25.7 Å². The monoisotopic (exact) mass is 206 g/mol. The Morgan fingerprint density at radius 1 is 1.60 bits per heavy atom. The van der Waals surface area contributed by atoms with Crippen molar-refractivity contribution in [1.82, 2.24) is 0 Å². The van der Waals surface area contributed by atoms with Gasteiger partial charge >= 0.3 is 5.97 Å². The maximum atomic E-state index is 10.3. The molecule has 15 heavy (non-hydrogen) atoms. The summed E-state index contributed by atoms with van der Waals surface area (Å²) in [6.07, 6.45) is 7.35. The van der Waals surface area contributed by atoms with Gasteiger partial charge in [-0.3, -0.25) is 4.79 Å². The quantitative estimate of drug-likeness (QED) is 0.567. The summed E-state index contributed by atoms with van der Waals surface area (Å²) in [6, 6.07) is 0. The van der Waals surface area contributed by atoms with Crippen molar-refractivity contribution in [1.29, 1.82) is 0 Å². The summed E-state index contributed by atoms with van der Waals surface area (Å²) in [5.41, 5.74) is 4.50. The Labute approximate surface area is 88.7 Å². The van der Waals surface area contributed by atoms with Crippen LogP contribution in [-0.2, 0) is 9.53 Å². The molecule has 0 saturated carbocycles. The topological polar surface area (TPSA) is 46.5 Å². The highest BCUT2D eigenvalue weighted by atomic mass is 16.5. The Balaban J connectivity index is 1.93. The maximum Gasteiger partial charge on any atom is 0.306 e. The van der Waals surface area contributed by atoms with Crippen molar-refractivity contribution in [2.24, 2.45) is 5.92 Å². The fraction of sp³-hybridized carbons (Fsp3) is 0.500. The van der Waals surface area contributed by atoms with Crippen LogP contribution in [0.3, 0.4) is 0 Å². The minimum absolute atomic E-state index is 0.0566. The predicted octanol–water partition coefficient (Wildman–Crippen LogP) is 2.26. The van der Waals surface area contributed by atoms with Gasteiger partial charge in [-0.25, -0.2) is 0 Å². The molecule has 0 radical (unpaired) electrons. The molecule has 0 aromatic rings. The van der Waals surface area contributed by atoms with E-state index in [1.807, 2.05) is 0 Å². The molecule has 0 fully saturated rings. The van der Waals surface area contributed by atoms with Crippen LogP contribution in [0.5, 0.6) is 0 Å². The lowest BCUT2D eigenvalue weighted by Crippen LogP contribution is -2.11. The van der Waals surface area contributed by atoms with Crippen LogP contribution in [0.4, 0.5) is 0 Å². The number of carbonyl (C=O) groups is 1. The molecule has 0 aromatic carbocycles. The van der Waals surface area contributed by atoms with E-state index in [1.54, 1.807) is 0 Å². The van der Waals surface area contributed by atoms with E-state index in [2.05, 4.69) is 17.9 Å². The van der Waals surface area contributed by atoms with E-state index in [9.17, 15) is 4.79 Å². The average molecular weight is 206 g/mol. The molecular formula is C12H14O3. The molecule has 3 nitrogen and oxygen atoms in total. The fourth-order valence-electron chi connectivity index (χ4n) is 1.96. The molecule has 0 aliphatic heterocycles. The van der Waals surface area contributed by atoms with Gasteiger partial charge in [0.05, 0.1) is 13.0 Å². The molecule has 2 bridgehead atoms. The smallest absolute Gasteiger partial charge is 0.306 e. The molecule has 1 unspecified atom stereocenters. The number of hydrogen-bond acceptors (Lipinski definition) is 2. The van der Waals surface area contributed by atoms with E-state index in [-0.39, 0.29) is 13.0 Å². The first-order chi connectivity index (χ1) is 7.24. The number of carboxylic acid groups (broad SMARTS) is 1. The first-order valence-electron chi connectivity index (χ1n) is 5.23. The second kappa shape index (κ2) is 4.37. The first kappa shape index (κ1) is 10.1. The largest absolute Gasteiger partial charge is 0.489 e. The van der Waals surface area contributed by atoms with Gasteiger partial charge in [0, 0.05) is 6.42 Å². The molecule has 2 aliphatic rings. The Morgan fingerprint density at radius 3 is 3.20 bits per heavy atom. The summed E-state index contributed by atoms with van der Waals surface area (Å²) in [5, 5.41) is 8.48. The lowest BCUT2D eigenvalue weighted by molar-refractivity contribution is -0.137. The second-order valence-corrected chi connectivity index (χ2v) is 3.94. The van der Waals surface area contributed by atoms with Crippen molar-refractivity contribution >= 4 is 5.97 Å². The molecule has 1 atom stereocenters. The molecule has 0 saturated heterocycles. The lowest BCUT2D eigenvalue weighted by Gasteiger charge is -2.22. The van der Waals surface area contributed by atoms with E-state index in [1.165, 1.54) is 5.57 Å². The van der Waals surface area contributed by atoms with E-state index < -0.39 is 5.97 Å². The number of aliphatic carboxylic acids is 1. The normalized spacial score (nSPS) is 23.1. The number of hydrogen-bond donors (Lipinski definition) is 1. The van der Waals surface area contributed by atoms with E-state index in [0.29, 0.717) is 5.92 Å². The van der Waals surface area contributed by atoms with Crippen LogP contribution in [0.15, 0.2) is 29.2 Å². The fourth-order valence-corrected chi connectivity index (χ4v) is 1.96. The van der Waals surface area contributed by atoms with Crippen molar-refractivity contribution < 1.29 is 14.6 Å². The number of fused-ring (bicyclic) bond motifs is 2. The van der Waals surface area contributed by atoms with Crippen LogP contribution in [-0.4, -0.2) is 17.7 Å². The Kier molecular flexibility index (Phi) is 2.93. The van der Waals surface area contributed by atoms with Crippen molar-refractivity contribution in [2.75, 3.05) is 6.61 Å². The zero-order valence-corrected chi connectivity index (χ0v) is 8.53. The van der Waals surface area contributed by atoms with Crippen molar-refractivity contribution in [3.8, 4) is 0 Å². The predicted molar refractivity (Wildman–Crippen MR) is 55.2 cm³/mol. The highest BCUT2D eigenvalue weighted by molar-refractivity contribution is 5.66. The molecule has 0 heterocycles. The number of ether oxygens (including phenoxy) is 1. The Hall–Kier alpha value is -1.47. The summed E-state index contributed by atoms with van der Waals surface area (Å²) in [4.78, 5) is 10.3. The van der Waals surface area contributed by atoms with Gasteiger partial charge in [0.15, 0.2) is 0 Å². The van der Waals surface area contributed by atoms with Gasteiger partial charge in [0.25, 0.3) is 0 Å². The van der Waals surface area contributed by atoms with E-state index in [0.717, 1.165) is 25.0 Å². The van der Waals surface area contributed by atoms with Gasteiger partial charge < -0.3 is 9.84 Å². The molecule has 0 aromatic heterocycles. The molecular weight excluding hydrogens is 192 g/mol. The number of carboxylic acids is 1. The first-order valence-corrected chi connectivity index (χ1v) is 5.23. The van der Waals surface area contributed by atoms with Gasteiger partial charge in [-0.1, -0.05) is 17.9 Å². The van der Waals surface area contributed by atoms with Gasteiger partial charge in [0.1, 0.15) is 5.76 Å². The number of allylic oxidation sites excluding steroid dienone is 3. The van der Waals surface area contributed by atoms with E-state index >= 15 is 0 Å². The summed E-state index contributed by atoms with van der Waals surface area (Å²) < 4.78 is 5.40. The van der Waals surface area contributed by atoms with Gasteiger partial charge in [0.2, 0.25) is 0 Å². The highest BCUT2D eigenvalue weighted by Gasteiger charge is 2.19. The van der Waals surface area contributed by atoms with Crippen LogP contribution < -0.4 is 0 Å². The Morgan fingerprint density at radius 2 is 2.47 bits per heavy atom. The van der Waals surface area contributed by atoms with Crippen LogP contribution in [0, 0.1) is 5.92 Å². The second-order valence-electron chi connectivity index (χ2n) is 3.94. The van der Waals surface area contributed by atoms with Crippen LogP contribution in [0.2, 0.25) is 0 Å². The van der Waals surface area contributed by atoms with Crippen molar-refractivity contribution in [3.63, 3.8) is 0 Å². The average Bonchev–Trinajstić information content (AvgIpc) is 2.16. The van der Waals surface area contributed by atoms with Crippen LogP contribution >= 0.6 is 0 Å². The highest BCUT2D eigenvalue weighted by Crippen LogP contribution is 2.31. The zero-order valence-electron chi connectivity index (χ0n) is 8.53. The molecule has 2 aliphatic carbocycles. The maximum absolute atomic E-state index is 10.3. The summed E-state index contributed by atoms with van der Waals surface area (Å²) >= 11 is 0. The SMILES string of the molecule is O=C(O)CCOC1=C=C2CC=CC(C2)C1. The standard InChI is InChI=1S/C12H14O3/c13-12(14)4-5-15-11-7-9-2-1-3-10(6-9)8-11/h1-2,9H,3-7H2,(H,13,14). The summed E-state index contributed by atoms with van der Waals surface area (Å²) in [5.74, 6) is 0.542. The van der Waals surface area contributed by atoms with Gasteiger partial charge in [-0.2, -0.15) is 0 Å². The molecule has 2 rings (SSSR count). The van der Waals surface area contributed by atoms with E-state index in [4.69, 9.17) is 9.84 Å². The Bertz CT molecular complexity index is 359. The summed E-state index contributed by atoms with van der Waals surface area (Å²) in [7, 11) is 0. The molecule has 3 heteroatoms. The van der Waals surface area contributed by atoms with Crippen molar-refractivity contribution in [2.45, 2.75) is 25.7 Å². The zero-order chi connectivity index (χ0) is 10.7. The van der Waals surface area contributed by atoms with Gasteiger partial charge in [-0.15, -0.1) is 0 Å². The third-order valence-corrected chi connectivity index (χ3v) is 2.64. The summed E-state index contributed by atoms with van der Waals surface area (Å²) in [6.45, 7) is 0.251. The minimum Gasteiger partial charge on any atom is -0.489 e. The third-order valence-electron chi connectivity index (χ3n) is 2.64. The van der Waals surface area contributed by atoms with Gasteiger partial charge in [-0.05, 0) is 24.3 Å².